The van der Waals surface area contributed by atoms with Gasteiger partial charge in [-0.25, -0.2) is 0 Å². The molecule has 4 aromatic rings. The van der Waals surface area contributed by atoms with Crippen molar-refractivity contribution in [3.63, 3.8) is 0 Å². The molecule has 4 heterocycles. The molecule has 4 rings (SSSR count). The van der Waals surface area contributed by atoms with Crippen LogP contribution < -0.4 is 0 Å². The molecule has 0 radical (unpaired) electrons. The molecule has 0 aliphatic heterocycles. The van der Waals surface area contributed by atoms with Crippen LogP contribution in [0.15, 0.2) is 45.5 Å². The number of ketones is 1. The van der Waals surface area contributed by atoms with Crippen molar-refractivity contribution >= 4 is 28.9 Å². The maximum Gasteiger partial charge on any atom is 0.191 e. The SMILES string of the molecule is Cc1occc1-c1nnc(SCC(=O)c2cc(C)n(CCc3cccs3)c2C)n1C. The van der Waals surface area contributed by atoms with E-state index in [1.165, 1.54) is 16.6 Å². The summed E-state index contributed by atoms with van der Waals surface area (Å²) in [6.45, 7) is 6.87. The number of hydrogen-bond acceptors (Lipinski definition) is 6. The number of carbonyl (C=O) groups is 1. The molecule has 0 unspecified atom stereocenters. The Balaban J connectivity index is 1.44. The number of thioether (sulfide) groups is 1. The van der Waals surface area contributed by atoms with Gasteiger partial charge in [0, 0.05) is 35.4 Å². The summed E-state index contributed by atoms with van der Waals surface area (Å²) in [4.78, 5) is 14.3. The normalized spacial score (nSPS) is 11.3. The number of aryl methyl sites for hydroxylation is 3. The average molecular weight is 441 g/mol. The number of carbonyl (C=O) groups excluding carboxylic acids is 1. The Hall–Kier alpha value is -2.58. The Kier molecular flexibility index (Phi) is 5.97. The second-order valence-electron chi connectivity index (χ2n) is 7.23. The van der Waals surface area contributed by atoms with Crippen molar-refractivity contribution in [3.8, 4) is 11.4 Å². The van der Waals surface area contributed by atoms with E-state index >= 15 is 0 Å². The lowest BCUT2D eigenvalue weighted by atomic mass is 10.2. The first-order chi connectivity index (χ1) is 14.5. The van der Waals surface area contributed by atoms with Gasteiger partial charge in [0.25, 0.3) is 0 Å². The first kappa shape index (κ1) is 20.7. The average Bonchev–Trinajstić information content (AvgIpc) is 3.49. The lowest BCUT2D eigenvalue weighted by molar-refractivity contribution is 0.102. The molecular weight excluding hydrogens is 416 g/mol. The van der Waals surface area contributed by atoms with Gasteiger partial charge in [-0.1, -0.05) is 17.8 Å². The van der Waals surface area contributed by atoms with E-state index in [2.05, 4.69) is 39.2 Å². The van der Waals surface area contributed by atoms with Crippen molar-refractivity contribution in [1.82, 2.24) is 19.3 Å². The molecule has 0 bridgehead atoms. The van der Waals surface area contributed by atoms with Crippen molar-refractivity contribution in [1.29, 1.82) is 0 Å². The predicted octanol–water partition coefficient (Wildman–Crippen LogP) is 5.08. The zero-order valence-corrected chi connectivity index (χ0v) is 19.1. The standard InChI is InChI=1S/C22H24N4O2S2/c1-14-12-19(15(2)26(14)9-7-17-6-5-11-29-17)20(27)13-30-22-24-23-21(25(22)4)18-8-10-28-16(18)3/h5-6,8,10-12H,7,9,13H2,1-4H3. The number of aromatic nitrogens is 4. The summed E-state index contributed by atoms with van der Waals surface area (Å²) >= 11 is 3.18. The summed E-state index contributed by atoms with van der Waals surface area (Å²) in [5.74, 6) is 1.97. The van der Waals surface area contributed by atoms with Crippen LogP contribution in [0, 0.1) is 20.8 Å². The molecular formula is C22H24N4O2S2. The second kappa shape index (κ2) is 8.65. The monoisotopic (exact) mass is 440 g/mol. The van der Waals surface area contributed by atoms with Crippen molar-refractivity contribution in [2.45, 2.75) is 38.9 Å². The van der Waals surface area contributed by atoms with Gasteiger partial charge < -0.3 is 13.6 Å². The molecule has 0 aromatic carbocycles. The van der Waals surface area contributed by atoms with Gasteiger partial charge in [0.15, 0.2) is 16.8 Å². The van der Waals surface area contributed by atoms with E-state index in [0.29, 0.717) is 10.9 Å². The minimum Gasteiger partial charge on any atom is -0.469 e. The summed E-state index contributed by atoms with van der Waals surface area (Å²) < 4.78 is 9.50. The van der Waals surface area contributed by atoms with Gasteiger partial charge in [0.2, 0.25) is 0 Å². The Bertz CT molecular complexity index is 1170. The van der Waals surface area contributed by atoms with Gasteiger partial charge in [-0.05, 0) is 50.8 Å². The minimum absolute atomic E-state index is 0.111. The van der Waals surface area contributed by atoms with Gasteiger partial charge in [-0.2, -0.15) is 0 Å². The van der Waals surface area contributed by atoms with E-state index in [1.807, 2.05) is 37.6 Å². The minimum atomic E-state index is 0.111. The van der Waals surface area contributed by atoms with Crippen molar-refractivity contribution in [2.75, 3.05) is 5.75 Å². The van der Waals surface area contributed by atoms with E-state index in [4.69, 9.17) is 4.42 Å². The fraction of sp³-hybridized carbons (Fsp3) is 0.318. The van der Waals surface area contributed by atoms with Crippen molar-refractivity contribution in [2.24, 2.45) is 7.05 Å². The van der Waals surface area contributed by atoms with Crippen LogP contribution in [-0.4, -0.2) is 30.9 Å². The maximum absolute atomic E-state index is 12.9. The molecule has 30 heavy (non-hydrogen) atoms. The Morgan fingerprint density at radius 1 is 1.23 bits per heavy atom. The van der Waals surface area contributed by atoms with Crippen molar-refractivity contribution in [3.05, 3.63) is 63.5 Å². The molecule has 0 amide bonds. The molecule has 156 valence electrons. The third-order valence-electron chi connectivity index (χ3n) is 5.30. The van der Waals surface area contributed by atoms with Crippen LogP contribution in [0.3, 0.4) is 0 Å². The third-order valence-corrected chi connectivity index (χ3v) is 7.26. The Morgan fingerprint density at radius 3 is 2.77 bits per heavy atom. The van der Waals surface area contributed by atoms with Crippen LogP contribution >= 0.6 is 23.1 Å². The summed E-state index contributed by atoms with van der Waals surface area (Å²) in [6.07, 6.45) is 2.62. The van der Waals surface area contributed by atoms with Crippen LogP contribution in [-0.2, 0) is 20.0 Å². The zero-order chi connectivity index (χ0) is 21.3. The fourth-order valence-corrected chi connectivity index (χ4v) is 5.10. The number of furan rings is 1. The van der Waals surface area contributed by atoms with Crippen LogP contribution in [0.5, 0.6) is 0 Å². The lowest BCUT2D eigenvalue weighted by Crippen LogP contribution is -2.08. The topological polar surface area (TPSA) is 65.8 Å². The molecule has 0 atom stereocenters. The zero-order valence-electron chi connectivity index (χ0n) is 17.5. The molecule has 0 N–H and O–H groups in total. The molecule has 6 nitrogen and oxygen atoms in total. The van der Waals surface area contributed by atoms with Crippen LogP contribution in [0.25, 0.3) is 11.4 Å². The van der Waals surface area contributed by atoms with E-state index in [9.17, 15) is 4.79 Å². The smallest absolute Gasteiger partial charge is 0.191 e. The summed E-state index contributed by atoms with van der Waals surface area (Å²) in [7, 11) is 1.91. The molecule has 0 saturated carbocycles. The first-order valence-electron chi connectivity index (χ1n) is 9.74. The number of nitrogens with zero attached hydrogens (tertiary/aromatic N) is 4. The van der Waals surface area contributed by atoms with Crippen LogP contribution in [0.1, 0.15) is 32.4 Å². The van der Waals surface area contributed by atoms with E-state index in [1.54, 1.807) is 17.6 Å². The quantitative estimate of drug-likeness (QED) is 0.282. The van der Waals surface area contributed by atoms with E-state index in [-0.39, 0.29) is 5.78 Å². The fourth-order valence-electron chi connectivity index (χ4n) is 3.60. The van der Waals surface area contributed by atoms with Crippen LogP contribution in [0.2, 0.25) is 0 Å². The predicted molar refractivity (Wildman–Crippen MR) is 120 cm³/mol. The second-order valence-corrected chi connectivity index (χ2v) is 9.21. The largest absolute Gasteiger partial charge is 0.469 e. The summed E-state index contributed by atoms with van der Waals surface area (Å²) in [5, 5.41) is 11.3. The number of rotatable bonds is 8. The molecule has 4 aromatic heterocycles. The van der Waals surface area contributed by atoms with Crippen LogP contribution in [0.4, 0.5) is 0 Å². The molecule has 0 spiro atoms. The van der Waals surface area contributed by atoms with Gasteiger partial charge in [-0.3, -0.25) is 4.79 Å². The summed E-state index contributed by atoms with van der Waals surface area (Å²) in [6, 6.07) is 8.11. The van der Waals surface area contributed by atoms with Gasteiger partial charge in [-0.15, -0.1) is 21.5 Å². The first-order valence-corrected chi connectivity index (χ1v) is 11.6. The Morgan fingerprint density at radius 2 is 2.07 bits per heavy atom. The lowest BCUT2D eigenvalue weighted by Gasteiger charge is -2.09. The molecule has 0 aliphatic rings. The van der Waals surface area contributed by atoms with E-state index < -0.39 is 0 Å². The summed E-state index contributed by atoms with van der Waals surface area (Å²) in [5.41, 5.74) is 3.85. The maximum atomic E-state index is 12.9. The third kappa shape index (κ3) is 4.02. The molecule has 8 heteroatoms. The highest BCUT2D eigenvalue weighted by molar-refractivity contribution is 7.99. The highest BCUT2D eigenvalue weighted by atomic mass is 32.2. The number of Topliss-reactive ketones (excluding diaryl/α,β-unsaturated/α-hetero) is 1. The van der Waals surface area contributed by atoms with Gasteiger partial charge in [0.05, 0.1) is 17.6 Å². The van der Waals surface area contributed by atoms with Gasteiger partial charge in [0.1, 0.15) is 5.76 Å². The molecule has 0 aliphatic carbocycles. The molecule has 0 saturated heterocycles. The highest BCUT2D eigenvalue weighted by Gasteiger charge is 2.19. The van der Waals surface area contributed by atoms with Gasteiger partial charge >= 0.3 is 0 Å². The van der Waals surface area contributed by atoms with Crippen molar-refractivity contribution < 1.29 is 9.21 Å². The number of hydrogen-bond donors (Lipinski definition) is 0. The molecule has 0 fully saturated rings. The highest BCUT2D eigenvalue weighted by Crippen LogP contribution is 2.27. The Labute approximate surface area is 183 Å². The van der Waals surface area contributed by atoms with E-state index in [0.717, 1.165) is 47.1 Å². The number of thiophene rings is 1.